The summed E-state index contributed by atoms with van der Waals surface area (Å²) >= 11 is 0. The van der Waals surface area contributed by atoms with Crippen LogP contribution in [-0.4, -0.2) is 6.54 Å². The number of nitriles is 1. The molecule has 13 heavy (non-hydrogen) atoms. The monoisotopic (exact) mass is 174 g/mol. The fraction of sp³-hybridized carbons (Fsp3) is 0.364. The third-order valence-electron chi connectivity index (χ3n) is 2.28. The van der Waals surface area contributed by atoms with Gasteiger partial charge in [0.25, 0.3) is 0 Å². The second-order valence-electron chi connectivity index (χ2n) is 3.78. The van der Waals surface area contributed by atoms with E-state index in [1.807, 2.05) is 18.2 Å². The topological polar surface area (TPSA) is 49.8 Å². The molecule has 0 aliphatic carbocycles. The molecule has 0 fully saturated rings. The van der Waals surface area contributed by atoms with Gasteiger partial charge in [-0.05, 0) is 17.7 Å². The zero-order valence-electron chi connectivity index (χ0n) is 8.04. The smallest absolute Gasteiger partial charge is 0.0991 e. The Morgan fingerprint density at radius 1 is 1.46 bits per heavy atom. The maximum absolute atomic E-state index is 8.72. The lowest BCUT2D eigenvalue weighted by molar-refractivity contribution is 0.539. The van der Waals surface area contributed by atoms with Gasteiger partial charge in [-0.25, -0.2) is 0 Å². The van der Waals surface area contributed by atoms with Crippen molar-refractivity contribution in [2.75, 3.05) is 6.54 Å². The Morgan fingerprint density at radius 3 is 2.69 bits per heavy atom. The summed E-state index contributed by atoms with van der Waals surface area (Å²) in [5, 5.41) is 8.72. The minimum atomic E-state index is -0.0488. The normalized spacial score (nSPS) is 10.9. The van der Waals surface area contributed by atoms with Gasteiger partial charge in [-0.3, -0.25) is 0 Å². The van der Waals surface area contributed by atoms with Crippen LogP contribution in [0.3, 0.4) is 0 Å². The van der Waals surface area contributed by atoms with E-state index in [4.69, 9.17) is 11.0 Å². The Kier molecular flexibility index (Phi) is 2.69. The first-order valence-corrected chi connectivity index (χ1v) is 4.31. The minimum Gasteiger partial charge on any atom is -0.330 e. The highest BCUT2D eigenvalue weighted by atomic mass is 14.6. The van der Waals surface area contributed by atoms with Crippen LogP contribution in [0.15, 0.2) is 24.3 Å². The predicted octanol–water partition coefficient (Wildman–Crippen LogP) is 1.79. The molecular formula is C11H14N2. The molecule has 0 atom stereocenters. The molecule has 0 aliphatic rings. The van der Waals surface area contributed by atoms with Crippen LogP contribution >= 0.6 is 0 Å². The van der Waals surface area contributed by atoms with Crippen molar-refractivity contribution in [3.05, 3.63) is 35.4 Å². The molecule has 0 amide bonds. The van der Waals surface area contributed by atoms with Gasteiger partial charge in [0.2, 0.25) is 0 Å². The largest absolute Gasteiger partial charge is 0.330 e. The molecule has 0 radical (unpaired) electrons. The van der Waals surface area contributed by atoms with Crippen molar-refractivity contribution >= 4 is 0 Å². The molecule has 1 rings (SSSR count). The van der Waals surface area contributed by atoms with Crippen LogP contribution in [0.5, 0.6) is 0 Å². The van der Waals surface area contributed by atoms with Gasteiger partial charge in [0.1, 0.15) is 0 Å². The average molecular weight is 174 g/mol. The first-order chi connectivity index (χ1) is 6.10. The Hall–Kier alpha value is -1.33. The van der Waals surface area contributed by atoms with E-state index in [9.17, 15) is 0 Å². The molecular weight excluding hydrogens is 160 g/mol. The maximum atomic E-state index is 8.72. The summed E-state index contributed by atoms with van der Waals surface area (Å²) in [5.41, 5.74) is 7.41. The molecule has 1 aromatic carbocycles. The minimum absolute atomic E-state index is 0.0488. The third-order valence-corrected chi connectivity index (χ3v) is 2.28. The van der Waals surface area contributed by atoms with Crippen LogP contribution in [-0.2, 0) is 5.41 Å². The van der Waals surface area contributed by atoms with Crippen molar-refractivity contribution in [1.29, 1.82) is 5.26 Å². The molecule has 1 aromatic rings. The van der Waals surface area contributed by atoms with Crippen LogP contribution in [0, 0.1) is 11.3 Å². The SMILES string of the molecule is CC(C)(CN)c1cccc(C#N)c1. The second-order valence-corrected chi connectivity index (χ2v) is 3.78. The van der Waals surface area contributed by atoms with Gasteiger partial charge in [0.05, 0.1) is 11.6 Å². The molecule has 0 saturated heterocycles. The van der Waals surface area contributed by atoms with E-state index in [-0.39, 0.29) is 5.41 Å². The van der Waals surface area contributed by atoms with Crippen molar-refractivity contribution in [2.24, 2.45) is 5.73 Å². The maximum Gasteiger partial charge on any atom is 0.0991 e. The summed E-state index contributed by atoms with van der Waals surface area (Å²) in [4.78, 5) is 0. The second kappa shape index (κ2) is 3.59. The molecule has 0 unspecified atom stereocenters. The molecule has 2 heteroatoms. The average Bonchev–Trinajstić information content (AvgIpc) is 2.18. The van der Waals surface area contributed by atoms with E-state index in [0.29, 0.717) is 12.1 Å². The highest BCUT2D eigenvalue weighted by molar-refractivity contribution is 5.36. The van der Waals surface area contributed by atoms with E-state index in [1.165, 1.54) is 0 Å². The van der Waals surface area contributed by atoms with E-state index >= 15 is 0 Å². The molecule has 0 spiro atoms. The Bertz CT molecular complexity index is 334. The zero-order valence-corrected chi connectivity index (χ0v) is 8.04. The molecule has 0 aliphatic heterocycles. The van der Waals surface area contributed by atoms with Crippen molar-refractivity contribution in [3.63, 3.8) is 0 Å². The van der Waals surface area contributed by atoms with Crippen LogP contribution in [0.25, 0.3) is 0 Å². The molecule has 2 nitrogen and oxygen atoms in total. The molecule has 0 bridgehead atoms. The van der Waals surface area contributed by atoms with Gasteiger partial charge in [-0.1, -0.05) is 26.0 Å². The lowest BCUT2D eigenvalue weighted by Gasteiger charge is -2.22. The number of hydrogen-bond donors (Lipinski definition) is 1. The van der Waals surface area contributed by atoms with Crippen LogP contribution in [0.2, 0.25) is 0 Å². The number of nitrogens with two attached hydrogens (primary N) is 1. The molecule has 68 valence electrons. The lowest BCUT2D eigenvalue weighted by atomic mass is 9.84. The summed E-state index contributed by atoms with van der Waals surface area (Å²) in [5.74, 6) is 0. The summed E-state index contributed by atoms with van der Waals surface area (Å²) in [6.07, 6.45) is 0. The standard InChI is InChI=1S/C11H14N2/c1-11(2,8-13)10-5-3-4-9(6-10)7-12/h3-6H,8,13H2,1-2H3. The predicted molar refractivity (Wildman–Crippen MR) is 53.2 cm³/mol. The Balaban J connectivity index is 3.10. The zero-order chi connectivity index (χ0) is 9.90. The molecule has 0 saturated carbocycles. The van der Waals surface area contributed by atoms with Crippen LogP contribution < -0.4 is 5.73 Å². The fourth-order valence-corrected chi connectivity index (χ4v) is 1.13. The number of benzene rings is 1. The van der Waals surface area contributed by atoms with Gasteiger partial charge >= 0.3 is 0 Å². The Labute approximate surface area is 79.0 Å². The fourth-order valence-electron chi connectivity index (χ4n) is 1.13. The van der Waals surface area contributed by atoms with Gasteiger partial charge in [-0.15, -0.1) is 0 Å². The van der Waals surface area contributed by atoms with Gasteiger partial charge in [0.15, 0.2) is 0 Å². The van der Waals surface area contributed by atoms with E-state index in [0.717, 1.165) is 5.56 Å². The summed E-state index contributed by atoms with van der Waals surface area (Å²) in [6.45, 7) is 4.73. The molecule has 2 N–H and O–H groups in total. The molecule has 0 aromatic heterocycles. The Morgan fingerprint density at radius 2 is 2.15 bits per heavy atom. The van der Waals surface area contributed by atoms with Crippen molar-refractivity contribution in [1.82, 2.24) is 0 Å². The van der Waals surface area contributed by atoms with Gasteiger partial charge in [0, 0.05) is 12.0 Å². The van der Waals surface area contributed by atoms with E-state index in [2.05, 4.69) is 19.9 Å². The first kappa shape index (κ1) is 9.76. The number of nitrogens with zero attached hydrogens (tertiary/aromatic N) is 1. The van der Waals surface area contributed by atoms with Crippen LogP contribution in [0.4, 0.5) is 0 Å². The van der Waals surface area contributed by atoms with Crippen molar-refractivity contribution < 1.29 is 0 Å². The summed E-state index contributed by atoms with van der Waals surface area (Å²) < 4.78 is 0. The van der Waals surface area contributed by atoms with Crippen LogP contribution in [0.1, 0.15) is 25.0 Å². The number of hydrogen-bond acceptors (Lipinski definition) is 2. The summed E-state index contributed by atoms with van der Waals surface area (Å²) in [6, 6.07) is 9.72. The van der Waals surface area contributed by atoms with E-state index in [1.54, 1.807) is 6.07 Å². The number of rotatable bonds is 2. The quantitative estimate of drug-likeness (QED) is 0.743. The van der Waals surface area contributed by atoms with Crippen molar-refractivity contribution in [3.8, 4) is 6.07 Å². The molecule has 0 heterocycles. The van der Waals surface area contributed by atoms with E-state index < -0.39 is 0 Å². The van der Waals surface area contributed by atoms with Gasteiger partial charge in [-0.2, -0.15) is 5.26 Å². The first-order valence-electron chi connectivity index (χ1n) is 4.31. The third kappa shape index (κ3) is 2.07. The highest BCUT2D eigenvalue weighted by Crippen LogP contribution is 2.22. The van der Waals surface area contributed by atoms with Crippen molar-refractivity contribution in [2.45, 2.75) is 19.3 Å². The summed E-state index contributed by atoms with van der Waals surface area (Å²) in [7, 11) is 0. The van der Waals surface area contributed by atoms with Gasteiger partial charge < -0.3 is 5.73 Å². The highest BCUT2D eigenvalue weighted by Gasteiger charge is 2.18. The lowest BCUT2D eigenvalue weighted by Crippen LogP contribution is -2.28.